The number of likely N-dealkylation sites (N-methyl/N-ethyl adjacent to an activating group) is 1. The topological polar surface area (TPSA) is 52.0 Å². The number of aromatic nitrogens is 1. The molecule has 1 atom stereocenters. The summed E-state index contributed by atoms with van der Waals surface area (Å²) < 4.78 is 0. The summed E-state index contributed by atoms with van der Waals surface area (Å²) in [4.78, 5) is 6.21. The molecule has 0 bridgehead atoms. The standard InChI is InChI=1S/C11H14N4/c1-15(9-4-6-13-8-9)11-3-2-5-14-10(11)7-12/h2-3,5,9,13H,4,6,8H2,1H3. The lowest BCUT2D eigenvalue weighted by molar-refractivity contribution is 0.684. The van der Waals surface area contributed by atoms with Crippen molar-refractivity contribution in [3.63, 3.8) is 0 Å². The van der Waals surface area contributed by atoms with Crippen molar-refractivity contribution in [2.75, 3.05) is 25.0 Å². The summed E-state index contributed by atoms with van der Waals surface area (Å²) in [7, 11) is 2.02. The first-order valence-electron chi connectivity index (χ1n) is 5.11. The van der Waals surface area contributed by atoms with Crippen LogP contribution in [0.3, 0.4) is 0 Å². The molecule has 1 aliphatic heterocycles. The van der Waals surface area contributed by atoms with Gasteiger partial charge in [0.2, 0.25) is 0 Å². The maximum atomic E-state index is 8.96. The lowest BCUT2D eigenvalue weighted by atomic mass is 10.2. The predicted molar refractivity (Wildman–Crippen MR) is 58.6 cm³/mol. The van der Waals surface area contributed by atoms with Crippen LogP contribution in [0.15, 0.2) is 18.3 Å². The molecule has 4 heteroatoms. The van der Waals surface area contributed by atoms with Crippen molar-refractivity contribution in [2.45, 2.75) is 12.5 Å². The van der Waals surface area contributed by atoms with E-state index in [9.17, 15) is 0 Å². The van der Waals surface area contributed by atoms with Gasteiger partial charge in [-0.1, -0.05) is 0 Å². The van der Waals surface area contributed by atoms with Crippen LogP contribution < -0.4 is 10.2 Å². The third kappa shape index (κ3) is 1.92. The Kier molecular flexibility index (Phi) is 2.84. The van der Waals surface area contributed by atoms with E-state index in [0.29, 0.717) is 11.7 Å². The van der Waals surface area contributed by atoms with Crippen LogP contribution in [0.2, 0.25) is 0 Å². The second-order valence-corrected chi connectivity index (χ2v) is 3.74. The van der Waals surface area contributed by atoms with Gasteiger partial charge in [-0.2, -0.15) is 5.26 Å². The monoisotopic (exact) mass is 202 g/mol. The molecule has 0 radical (unpaired) electrons. The van der Waals surface area contributed by atoms with Crippen molar-refractivity contribution in [3.8, 4) is 6.07 Å². The van der Waals surface area contributed by atoms with Gasteiger partial charge in [0, 0.05) is 25.8 Å². The van der Waals surface area contributed by atoms with Crippen molar-refractivity contribution in [1.82, 2.24) is 10.3 Å². The molecule has 15 heavy (non-hydrogen) atoms. The van der Waals surface area contributed by atoms with Crippen LogP contribution in [0.4, 0.5) is 5.69 Å². The Balaban J connectivity index is 2.24. The van der Waals surface area contributed by atoms with E-state index in [-0.39, 0.29) is 0 Å². The summed E-state index contributed by atoms with van der Waals surface area (Å²) in [6, 6.07) is 6.42. The van der Waals surface area contributed by atoms with Gasteiger partial charge in [0.15, 0.2) is 5.69 Å². The molecule has 2 rings (SSSR count). The number of nitrogens with one attached hydrogen (secondary N) is 1. The molecule has 2 heterocycles. The van der Waals surface area contributed by atoms with Gasteiger partial charge in [-0.3, -0.25) is 0 Å². The molecule has 0 spiro atoms. The highest BCUT2D eigenvalue weighted by Crippen LogP contribution is 2.20. The van der Waals surface area contributed by atoms with Crippen LogP contribution >= 0.6 is 0 Å². The zero-order valence-corrected chi connectivity index (χ0v) is 8.77. The lowest BCUT2D eigenvalue weighted by Crippen LogP contribution is -2.33. The molecule has 1 N–H and O–H groups in total. The minimum absolute atomic E-state index is 0.473. The fourth-order valence-electron chi connectivity index (χ4n) is 1.93. The molecule has 0 aliphatic carbocycles. The molecule has 1 unspecified atom stereocenters. The molecule has 1 aliphatic rings. The Morgan fingerprint density at radius 1 is 1.67 bits per heavy atom. The summed E-state index contributed by atoms with van der Waals surface area (Å²) in [6.45, 7) is 2.04. The van der Waals surface area contributed by atoms with Crippen molar-refractivity contribution >= 4 is 5.69 Å². The fourth-order valence-corrected chi connectivity index (χ4v) is 1.93. The summed E-state index contributed by atoms with van der Waals surface area (Å²) >= 11 is 0. The van der Waals surface area contributed by atoms with E-state index in [1.165, 1.54) is 0 Å². The normalized spacial score (nSPS) is 19.9. The van der Waals surface area contributed by atoms with Crippen LogP contribution in [-0.2, 0) is 0 Å². The quantitative estimate of drug-likeness (QED) is 0.769. The predicted octanol–water partition coefficient (Wildman–Crippen LogP) is 0.751. The highest BCUT2D eigenvalue weighted by atomic mass is 15.2. The van der Waals surface area contributed by atoms with Crippen molar-refractivity contribution in [1.29, 1.82) is 5.26 Å². The van der Waals surface area contributed by atoms with E-state index in [2.05, 4.69) is 21.3 Å². The lowest BCUT2D eigenvalue weighted by Gasteiger charge is -2.26. The average molecular weight is 202 g/mol. The first-order valence-corrected chi connectivity index (χ1v) is 5.11. The van der Waals surface area contributed by atoms with E-state index in [1.54, 1.807) is 6.20 Å². The molecule has 78 valence electrons. The Hall–Kier alpha value is -1.60. The summed E-state index contributed by atoms with van der Waals surface area (Å²) in [6.07, 6.45) is 2.78. The second-order valence-electron chi connectivity index (χ2n) is 3.74. The van der Waals surface area contributed by atoms with Crippen molar-refractivity contribution in [3.05, 3.63) is 24.0 Å². The van der Waals surface area contributed by atoms with Crippen LogP contribution in [-0.4, -0.2) is 31.2 Å². The molecule has 0 saturated carbocycles. The Morgan fingerprint density at radius 3 is 3.20 bits per heavy atom. The first kappa shape index (κ1) is 9.94. The number of rotatable bonds is 2. The fraction of sp³-hybridized carbons (Fsp3) is 0.455. The van der Waals surface area contributed by atoms with Gasteiger partial charge in [0.05, 0.1) is 5.69 Å². The van der Waals surface area contributed by atoms with Crippen molar-refractivity contribution in [2.24, 2.45) is 0 Å². The number of nitrogens with zero attached hydrogens (tertiary/aromatic N) is 3. The minimum Gasteiger partial charge on any atom is -0.368 e. The van der Waals surface area contributed by atoms with Gasteiger partial charge in [-0.15, -0.1) is 0 Å². The molecule has 1 saturated heterocycles. The highest BCUT2D eigenvalue weighted by molar-refractivity contribution is 5.55. The van der Waals surface area contributed by atoms with Crippen LogP contribution in [0.25, 0.3) is 0 Å². The largest absolute Gasteiger partial charge is 0.368 e. The van der Waals surface area contributed by atoms with E-state index < -0.39 is 0 Å². The second kappa shape index (κ2) is 4.28. The Morgan fingerprint density at radius 2 is 2.53 bits per heavy atom. The number of anilines is 1. The SMILES string of the molecule is CN(c1cccnc1C#N)C1CCNC1. The molecular formula is C11H14N4. The van der Waals surface area contributed by atoms with Gasteiger partial charge < -0.3 is 10.2 Å². The molecule has 1 aromatic rings. The Bertz CT molecular complexity index is 376. The van der Waals surface area contributed by atoms with Crippen molar-refractivity contribution < 1.29 is 0 Å². The van der Waals surface area contributed by atoms with Gasteiger partial charge in [-0.05, 0) is 25.1 Å². The van der Waals surface area contributed by atoms with E-state index in [1.807, 2.05) is 19.2 Å². The first-order chi connectivity index (χ1) is 7.33. The highest BCUT2D eigenvalue weighted by Gasteiger charge is 2.21. The summed E-state index contributed by atoms with van der Waals surface area (Å²) in [5.41, 5.74) is 1.43. The zero-order chi connectivity index (χ0) is 10.7. The summed E-state index contributed by atoms with van der Waals surface area (Å²) in [5, 5.41) is 12.3. The molecule has 4 nitrogen and oxygen atoms in total. The number of hydrogen-bond acceptors (Lipinski definition) is 4. The van der Waals surface area contributed by atoms with Gasteiger partial charge in [0.25, 0.3) is 0 Å². The third-order valence-electron chi connectivity index (χ3n) is 2.85. The van der Waals surface area contributed by atoms with Gasteiger partial charge in [0.1, 0.15) is 6.07 Å². The molecular weight excluding hydrogens is 188 g/mol. The average Bonchev–Trinajstić information content (AvgIpc) is 2.81. The van der Waals surface area contributed by atoms with Crippen LogP contribution in [0, 0.1) is 11.3 Å². The number of pyridine rings is 1. The molecule has 0 aromatic carbocycles. The van der Waals surface area contributed by atoms with E-state index >= 15 is 0 Å². The zero-order valence-electron chi connectivity index (χ0n) is 8.77. The van der Waals surface area contributed by atoms with Gasteiger partial charge in [-0.25, -0.2) is 4.98 Å². The maximum absolute atomic E-state index is 8.96. The number of hydrogen-bond donors (Lipinski definition) is 1. The smallest absolute Gasteiger partial charge is 0.163 e. The maximum Gasteiger partial charge on any atom is 0.163 e. The summed E-state index contributed by atoms with van der Waals surface area (Å²) in [5.74, 6) is 0. The Labute approximate surface area is 89.5 Å². The van der Waals surface area contributed by atoms with Crippen LogP contribution in [0.1, 0.15) is 12.1 Å². The molecule has 1 fully saturated rings. The minimum atomic E-state index is 0.473. The molecule has 0 amide bonds. The number of nitriles is 1. The van der Waals surface area contributed by atoms with Gasteiger partial charge >= 0.3 is 0 Å². The molecule has 1 aromatic heterocycles. The van der Waals surface area contributed by atoms with E-state index in [4.69, 9.17) is 5.26 Å². The van der Waals surface area contributed by atoms with E-state index in [0.717, 1.165) is 25.2 Å². The van der Waals surface area contributed by atoms with Crippen LogP contribution in [0.5, 0.6) is 0 Å². The third-order valence-corrected chi connectivity index (χ3v) is 2.85.